The van der Waals surface area contributed by atoms with Crippen molar-refractivity contribution >= 4 is 15.7 Å². The first-order chi connectivity index (χ1) is 8.89. The van der Waals surface area contributed by atoms with Gasteiger partial charge in [-0.05, 0) is 37.3 Å². The monoisotopic (exact) mass is 284 g/mol. The summed E-state index contributed by atoms with van der Waals surface area (Å²) in [6.45, 7) is 2.14. The molecule has 4 N–H and O–H groups in total. The first kappa shape index (κ1) is 14.1. The molecule has 2 rings (SSSR count). The molecule has 0 saturated heterocycles. The van der Waals surface area contributed by atoms with Gasteiger partial charge in [-0.1, -0.05) is 19.4 Å². The minimum Gasteiger partial charge on any atom is -0.488 e. The van der Waals surface area contributed by atoms with Gasteiger partial charge >= 0.3 is 0 Å². The molecule has 2 atom stereocenters. The van der Waals surface area contributed by atoms with Crippen LogP contribution < -0.4 is 15.6 Å². The molecule has 0 radical (unpaired) electrons. The van der Waals surface area contributed by atoms with Gasteiger partial charge in [0.05, 0.1) is 5.69 Å². The van der Waals surface area contributed by atoms with Crippen LogP contribution in [0.4, 0.5) is 5.69 Å². The maximum atomic E-state index is 11.4. The van der Waals surface area contributed by atoms with Gasteiger partial charge in [-0.25, -0.2) is 13.6 Å². The van der Waals surface area contributed by atoms with E-state index in [0.29, 0.717) is 11.7 Å². The molecule has 2 unspecified atom stereocenters. The second kappa shape index (κ2) is 5.38. The molecule has 19 heavy (non-hydrogen) atoms. The van der Waals surface area contributed by atoms with Crippen molar-refractivity contribution in [1.82, 2.24) is 0 Å². The molecule has 106 valence electrons. The maximum absolute atomic E-state index is 11.4. The number of anilines is 1. The van der Waals surface area contributed by atoms with Gasteiger partial charge in [0.15, 0.2) is 0 Å². The molecule has 0 aliphatic heterocycles. The van der Waals surface area contributed by atoms with Gasteiger partial charge in [-0.2, -0.15) is 0 Å². The van der Waals surface area contributed by atoms with Gasteiger partial charge < -0.3 is 10.5 Å². The molecule has 6 heteroatoms. The highest BCUT2D eigenvalue weighted by molar-refractivity contribution is 7.89. The standard InChI is InChI=1S/C13H20N2O3S/c1-9-5-2-3-6-10(9)18-11-7-4-8-12(13(11)14)19(15,16)17/h4,7-10H,2-3,5-6,14H2,1H3,(H2,15,16,17). The van der Waals surface area contributed by atoms with Gasteiger partial charge in [0.25, 0.3) is 0 Å². The Bertz CT molecular complexity index is 557. The lowest BCUT2D eigenvalue weighted by Crippen LogP contribution is -2.28. The van der Waals surface area contributed by atoms with Crippen molar-refractivity contribution in [3.05, 3.63) is 18.2 Å². The fourth-order valence-corrected chi connectivity index (χ4v) is 3.17. The van der Waals surface area contributed by atoms with E-state index in [1.165, 1.54) is 12.5 Å². The van der Waals surface area contributed by atoms with Crippen LogP contribution in [0.5, 0.6) is 5.75 Å². The van der Waals surface area contributed by atoms with Crippen molar-refractivity contribution in [1.29, 1.82) is 0 Å². The summed E-state index contributed by atoms with van der Waals surface area (Å²) in [6.07, 6.45) is 4.53. The molecule has 1 aromatic carbocycles. The van der Waals surface area contributed by atoms with Crippen LogP contribution in [0.1, 0.15) is 32.6 Å². The molecule has 0 bridgehead atoms. The van der Waals surface area contributed by atoms with E-state index in [9.17, 15) is 8.42 Å². The average Bonchev–Trinajstić information content (AvgIpc) is 2.33. The number of rotatable bonds is 3. The van der Waals surface area contributed by atoms with E-state index in [1.54, 1.807) is 12.1 Å². The number of nitrogens with two attached hydrogens (primary N) is 2. The molecule has 0 aromatic heterocycles. The third-order valence-corrected chi connectivity index (χ3v) is 4.61. The lowest BCUT2D eigenvalue weighted by Gasteiger charge is -2.29. The van der Waals surface area contributed by atoms with Crippen molar-refractivity contribution in [2.75, 3.05) is 5.73 Å². The number of nitrogen functional groups attached to an aromatic ring is 1. The maximum Gasteiger partial charge on any atom is 0.240 e. The molecule has 5 nitrogen and oxygen atoms in total. The third kappa shape index (κ3) is 3.19. The van der Waals surface area contributed by atoms with Crippen molar-refractivity contribution in [3.8, 4) is 5.75 Å². The molecular weight excluding hydrogens is 264 g/mol. The number of benzene rings is 1. The zero-order valence-electron chi connectivity index (χ0n) is 11.0. The zero-order valence-corrected chi connectivity index (χ0v) is 11.8. The van der Waals surface area contributed by atoms with Crippen molar-refractivity contribution in [3.63, 3.8) is 0 Å². The minimum atomic E-state index is -3.82. The predicted molar refractivity (Wildman–Crippen MR) is 74.3 cm³/mol. The fraction of sp³-hybridized carbons (Fsp3) is 0.538. The van der Waals surface area contributed by atoms with Gasteiger partial charge in [0, 0.05) is 0 Å². The summed E-state index contributed by atoms with van der Waals surface area (Å²) in [5.74, 6) is 0.858. The summed E-state index contributed by atoms with van der Waals surface area (Å²) in [6, 6.07) is 4.67. The summed E-state index contributed by atoms with van der Waals surface area (Å²) >= 11 is 0. The molecule has 1 aromatic rings. The topological polar surface area (TPSA) is 95.4 Å². The second-order valence-electron chi connectivity index (χ2n) is 5.13. The third-order valence-electron chi connectivity index (χ3n) is 3.64. The highest BCUT2D eigenvalue weighted by atomic mass is 32.2. The molecule has 1 aliphatic rings. The minimum absolute atomic E-state index is 0.0755. The Balaban J connectivity index is 2.26. The molecule has 0 heterocycles. The number of para-hydroxylation sites is 1. The Morgan fingerprint density at radius 3 is 2.58 bits per heavy atom. The summed E-state index contributed by atoms with van der Waals surface area (Å²) in [7, 11) is -3.82. The SMILES string of the molecule is CC1CCCCC1Oc1cccc(S(N)(=O)=O)c1N. The number of hydrogen-bond donors (Lipinski definition) is 2. The van der Waals surface area contributed by atoms with Gasteiger partial charge in [0.1, 0.15) is 16.7 Å². The molecule has 0 spiro atoms. The van der Waals surface area contributed by atoms with Gasteiger partial charge in [-0.15, -0.1) is 0 Å². The normalized spacial score (nSPS) is 24.1. The van der Waals surface area contributed by atoms with Crippen LogP contribution in [0.15, 0.2) is 23.1 Å². The van der Waals surface area contributed by atoms with Crippen LogP contribution in [-0.4, -0.2) is 14.5 Å². The van der Waals surface area contributed by atoms with E-state index in [0.717, 1.165) is 19.3 Å². The Morgan fingerprint density at radius 2 is 1.95 bits per heavy atom. The molecule has 1 fully saturated rings. The lowest BCUT2D eigenvalue weighted by atomic mass is 9.88. The number of primary sulfonamides is 1. The Hall–Kier alpha value is -1.27. The van der Waals surface area contributed by atoms with Gasteiger partial charge in [-0.3, -0.25) is 0 Å². The van der Waals surface area contributed by atoms with Crippen LogP contribution >= 0.6 is 0 Å². The molecule has 0 amide bonds. The van der Waals surface area contributed by atoms with E-state index in [2.05, 4.69) is 6.92 Å². The summed E-state index contributed by atoms with van der Waals surface area (Å²) in [4.78, 5) is -0.0755. The Labute approximate surface area is 114 Å². The van der Waals surface area contributed by atoms with E-state index in [4.69, 9.17) is 15.6 Å². The average molecular weight is 284 g/mol. The van der Waals surface area contributed by atoms with E-state index >= 15 is 0 Å². The Kier molecular flexibility index (Phi) is 4.01. The Morgan fingerprint density at radius 1 is 1.26 bits per heavy atom. The van der Waals surface area contributed by atoms with E-state index in [-0.39, 0.29) is 16.7 Å². The second-order valence-corrected chi connectivity index (χ2v) is 6.66. The molecule has 1 saturated carbocycles. The van der Waals surface area contributed by atoms with Crippen LogP contribution in [0.25, 0.3) is 0 Å². The number of hydrogen-bond acceptors (Lipinski definition) is 4. The fourth-order valence-electron chi connectivity index (χ4n) is 2.50. The van der Waals surface area contributed by atoms with E-state index in [1.807, 2.05) is 0 Å². The van der Waals surface area contributed by atoms with Crippen LogP contribution in [-0.2, 0) is 10.0 Å². The van der Waals surface area contributed by atoms with Crippen molar-refractivity contribution in [2.24, 2.45) is 11.1 Å². The van der Waals surface area contributed by atoms with Crippen molar-refractivity contribution < 1.29 is 13.2 Å². The highest BCUT2D eigenvalue weighted by Crippen LogP contribution is 2.33. The molecular formula is C13H20N2O3S. The van der Waals surface area contributed by atoms with Crippen LogP contribution in [0.3, 0.4) is 0 Å². The van der Waals surface area contributed by atoms with Crippen LogP contribution in [0, 0.1) is 5.92 Å². The first-order valence-electron chi connectivity index (χ1n) is 6.47. The number of sulfonamides is 1. The summed E-state index contributed by atoms with van der Waals surface area (Å²) < 4.78 is 28.7. The van der Waals surface area contributed by atoms with E-state index < -0.39 is 10.0 Å². The summed E-state index contributed by atoms with van der Waals surface area (Å²) in [5, 5.41) is 5.12. The first-order valence-corrected chi connectivity index (χ1v) is 8.02. The summed E-state index contributed by atoms with van der Waals surface area (Å²) in [5.41, 5.74) is 5.95. The predicted octanol–water partition coefficient (Wildman–Crippen LogP) is 1.87. The van der Waals surface area contributed by atoms with Gasteiger partial charge in [0.2, 0.25) is 10.0 Å². The zero-order chi connectivity index (χ0) is 14.0. The molecule has 1 aliphatic carbocycles. The highest BCUT2D eigenvalue weighted by Gasteiger charge is 2.24. The smallest absolute Gasteiger partial charge is 0.240 e. The van der Waals surface area contributed by atoms with Crippen LogP contribution in [0.2, 0.25) is 0 Å². The lowest BCUT2D eigenvalue weighted by molar-refractivity contribution is 0.103. The largest absolute Gasteiger partial charge is 0.488 e. The quantitative estimate of drug-likeness (QED) is 0.828. The number of ether oxygens (including phenoxy) is 1. The van der Waals surface area contributed by atoms with Crippen molar-refractivity contribution in [2.45, 2.75) is 43.6 Å².